The van der Waals surface area contributed by atoms with E-state index in [1.807, 2.05) is 12.1 Å². The van der Waals surface area contributed by atoms with Crippen LogP contribution in [0.3, 0.4) is 0 Å². The van der Waals surface area contributed by atoms with Crippen molar-refractivity contribution in [3.05, 3.63) is 28.2 Å². The van der Waals surface area contributed by atoms with Crippen LogP contribution < -0.4 is 11.1 Å². The van der Waals surface area contributed by atoms with E-state index in [1.54, 1.807) is 6.07 Å². The summed E-state index contributed by atoms with van der Waals surface area (Å²) in [5.41, 5.74) is 7.11. The van der Waals surface area contributed by atoms with Crippen molar-refractivity contribution in [1.29, 1.82) is 0 Å². The van der Waals surface area contributed by atoms with E-state index >= 15 is 0 Å². The standard InChI is InChI=1S/C11H16BrN3O2S2/c1-15(2)19(16,17)6-5-14-8-3-4-9(11(13)18)10(12)7-8/h3-4,7,14H,5-6H2,1-2H3,(H2,13,18). The van der Waals surface area contributed by atoms with E-state index in [2.05, 4.69) is 21.2 Å². The zero-order valence-corrected chi connectivity index (χ0v) is 13.9. The minimum absolute atomic E-state index is 0.0364. The molecule has 0 amide bonds. The second-order valence-electron chi connectivity index (χ2n) is 4.08. The highest BCUT2D eigenvalue weighted by atomic mass is 79.9. The quantitative estimate of drug-likeness (QED) is 0.745. The number of rotatable bonds is 6. The van der Waals surface area contributed by atoms with Crippen molar-refractivity contribution in [2.45, 2.75) is 0 Å². The van der Waals surface area contributed by atoms with Gasteiger partial charge in [-0.1, -0.05) is 12.2 Å². The van der Waals surface area contributed by atoms with Gasteiger partial charge in [-0.3, -0.25) is 0 Å². The third-order valence-corrected chi connectivity index (χ3v) is 5.19. The predicted octanol–water partition coefficient (Wildman–Crippen LogP) is 1.39. The van der Waals surface area contributed by atoms with Crippen molar-refractivity contribution in [2.75, 3.05) is 31.7 Å². The van der Waals surface area contributed by atoms with Gasteiger partial charge in [0.25, 0.3) is 0 Å². The molecule has 0 heterocycles. The molecule has 1 aromatic carbocycles. The molecule has 3 N–H and O–H groups in total. The van der Waals surface area contributed by atoms with Crippen molar-refractivity contribution in [1.82, 2.24) is 4.31 Å². The van der Waals surface area contributed by atoms with Crippen LogP contribution >= 0.6 is 28.1 Å². The molecule has 0 aromatic heterocycles. The first-order valence-electron chi connectivity index (χ1n) is 5.47. The van der Waals surface area contributed by atoms with E-state index in [1.165, 1.54) is 18.4 Å². The van der Waals surface area contributed by atoms with Gasteiger partial charge in [0, 0.05) is 36.4 Å². The number of hydrogen-bond donors (Lipinski definition) is 2. The summed E-state index contributed by atoms with van der Waals surface area (Å²) in [6.07, 6.45) is 0. The van der Waals surface area contributed by atoms with Gasteiger partial charge >= 0.3 is 0 Å². The SMILES string of the molecule is CN(C)S(=O)(=O)CCNc1ccc(C(N)=S)c(Br)c1. The van der Waals surface area contributed by atoms with E-state index in [0.29, 0.717) is 11.5 Å². The second kappa shape index (κ2) is 6.65. The number of nitrogens with two attached hydrogens (primary N) is 1. The monoisotopic (exact) mass is 365 g/mol. The van der Waals surface area contributed by atoms with Crippen molar-refractivity contribution in [3.63, 3.8) is 0 Å². The van der Waals surface area contributed by atoms with Gasteiger partial charge < -0.3 is 11.1 Å². The summed E-state index contributed by atoms with van der Waals surface area (Å²) in [7, 11) is -0.148. The Morgan fingerprint density at radius 2 is 2.11 bits per heavy atom. The maximum Gasteiger partial charge on any atom is 0.215 e. The lowest BCUT2D eigenvalue weighted by Crippen LogP contribution is -2.28. The maximum atomic E-state index is 11.6. The second-order valence-corrected chi connectivity index (χ2v) is 7.68. The zero-order chi connectivity index (χ0) is 14.6. The van der Waals surface area contributed by atoms with Gasteiger partial charge in [-0.25, -0.2) is 12.7 Å². The molecule has 0 aliphatic rings. The molecule has 0 aliphatic carbocycles. The van der Waals surface area contributed by atoms with E-state index in [0.717, 1.165) is 15.7 Å². The largest absolute Gasteiger partial charge is 0.389 e. The van der Waals surface area contributed by atoms with Crippen LogP contribution in [0.1, 0.15) is 5.56 Å². The highest BCUT2D eigenvalue weighted by molar-refractivity contribution is 9.10. The van der Waals surface area contributed by atoms with Gasteiger partial charge in [-0.05, 0) is 34.1 Å². The van der Waals surface area contributed by atoms with Crippen LogP contribution in [-0.2, 0) is 10.0 Å². The third kappa shape index (κ3) is 4.72. The number of benzene rings is 1. The van der Waals surface area contributed by atoms with Crippen LogP contribution in [0, 0.1) is 0 Å². The van der Waals surface area contributed by atoms with E-state index in [-0.39, 0.29) is 5.75 Å². The summed E-state index contributed by atoms with van der Waals surface area (Å²) in [4.78, 5) is 0.314. The van der Waals surface area contributed by atoms with Crippen LogP contribution in [0.2, 0.25) is 0 Å². The Kier molecular flexibility index (Phi) is 5.72. The average Bonchev–Trinajstić information content (AvgIpc) is 2.28. The normalized spacial score (nSPS) is 11.6. The molecule has 0 radical (unpaired) electrons. The third-order valence-electron chi connectivity index (χ3n) is 2.48. The zero-order valence-electron chi connectivity index (χ0n) is 10.7. The number of anilines is 1. The van der Waals surface area contributed by atoms with Crippen LogP contribution in [0.25, 0.3) is 0 Å². The first-order chi connectivity index (χ1) is 8.74. The minimum Gasteiger partial charge on any atom is -0.389 e. The highest BCUT2D eigenvalue weighted by Crippen LogP contribution is 2.21. The van der Waals surface area contributed by atoms with Gasteiger partial charge in [-0.15, -0.1) is 0 Å². The molecular weight excluding hydrogens is 350 g/mol. The molecule has 1 rings (SSSR count). The van der Waals surface area contributed by atoms with Crippen LogP contribution in [-0.4, -0.2) is 44.1 Å². The van der Waals surface area contributed by atoms with Gasteiger partial charge in [0.05, 0.1) is 5.75 Å². The molecule has 0 atom stereocenters. The topological polar surface area (TPSA) is 75.4 Å². The molecule has 0 aliphatic heterocycles. The lowest BCUT2D eigenvalue weighted by molar-refractivity contribution is 0.521. The van der Waals surface area contributed by atoms with E-state index in [4.69, 9.17) is 18.0 Å². The summed E-state index contributed by atoms with van der Waals surface area (Å²) in [5, 5.41) is 3.04. The van der Waals surface area contributed by atoms with Crippen LogP contribution in [0.15, 0.2) is 22.7 Å². The molecule has 0 bridgehead atoms. The molecule has 106 valence electrons. The molecule has 0 fully saturated rings. The van der Waals surface area contributed by atoms with Gasteiger partial charge in [0.15, 0.2) is 0 Å². The molecule has 0 unspecified atom stereocenters. The Hall–Kier alpha value is -0.700. The van der Waals surface area contributed by atoms with Crippen molar-refractivity contribution in [3.8, 4) is 0 Å². The Balaban J connectivity index is 2.65. The Morgan fingerprint density at radius 3 is 2.58 bits per heavy atom. The van der Waals surface area contributed by atoms with Gasteiger partial charge in [-0.2, -0.15) is 0 Å². The van der Waals surface area contributed by atoms with Crippen molar-refractivity contribution in [2.24, 2.45) is 5.73 Å². The molecule has 0 saturated heterocycles. The number of nitrogens with one attached hydrogen (secondary N) is 1. The Labute approximate surface area is 127 Å². The summed E-state index contributed by atoms with van der Waals surface area (Å²) in [6, 6.07) is 5.41. The number of sulfonamides is 1. The van der Waals surface area contributed by atoms with Crippen LogP contribution in [0.5, 0.6) is 0 Å². The average molecular weight is 366 g/mol. The lowest BCUT2D eigenvalue weighted by Gasteiger charge is -2.13. The molecule has 19 heavy (non-hydrogen) atoms. The number of halogens is 1. The molecule has 8 heteroatoms. The molecule has 0 saturated carbocycles. The van der Waals surface area contributed by atoms with Gasteiger partial charge in [0.1, 0.15) is 4.99 Å². The molecule has 0 spiro atoms. The van der Waals surface area contributed by atoms with Crippen molar-refractivity contribution < 1.29 is 8.42 Å². The fraction of sp³-hybridized carbons (Fsp3) is 0.364. The van der Waals surface area contributed by atoms with E-state index < -0.39 is 10.0 Å². The predicted molar refractivity (Wildman–Crippen MR) is 86.0 cm³/mol. The fourth-order valence-electron chi connectivity index (χ4n) is 1.33. The molecule has 1 aromatic rings. The first-order valence-corrected chi connectivity index (χ1v) is 8.28. The minimum atomic E-state index is -3.18. The molecule has 5 nitrogen and oxygen atoms in total. The fourth-order valence-corrected chi connectivity index (χ4v) is 2.96. The first kappa shape index (κ1) is 16.4. The highest BCUT2D eigenvalue weighted by Gasteiger charge is 2.12. The maximum absolute atomic E-state index is 11.6. The van der Waals surface area contributed by atoms with Gasteiger partial charge in [0.2, 0.25) is 10.0 Å². The van der Waals surface area contributed by atoms with Crippen molar-refractivity contribution >= 4 is 48.8 Å². The number of nitrogens with zero attached hydrogens (tertiary/aromatic N) is 1. The summed E-state index contributed by atoms with van der Waals surface area (Å²) >= 11 is 8.27. The summed E-state index contributed by atoms with van der Waals surface area (Å²) in [6.45, 7) is 0.333. The lowest BCUT2D eigenvalue weighted by atomic mass is 10.2. The number of hydrogen-bond acceptors (Lipinski definition) is 4. The van der Waals surface area contributed by atoms with E-state index in [9.17, 15) is 8.42 Å². The number of thiocarbonyl (C=S) groups is 1. The Morgan fingerprint density at radius 1 is 1.47 bits per heavy atom. The summed E-state index contributed by atoms with van der Waals surface area (Å²) < 4.78 is 25.1. The van der Waals surface area contributed by atoms with Crippen LogP contribution in [0.4, 0.5) is 5.69 Å². The Bertz CT molecular complexity index is 573. The summed E-state index contributed by atoms with van der Waals surface area (Å²) in [5.74, 6) is 0.0364. The molecular formula is C11H16BrN3O2S2. The smallest absolute Gasteiger partial charge is 0.215 e.